The second-order valence-electron chi connectivity index (χ2n) is 7.43. The first kappa shape index (κ1) is 25.7. The Labute approximate surface area is 194 Å². The zero-order valence-corrected chi connectivity index (χ0v) is 20.5. The van der Waals surface area contributed by atoms with Crippen molar-refractivity contribution in [1.82, 2.24) is 14.9 Å². The summed E-state index contributed by atoms with van der Waals surface area (Å²) in [5.74, 6) is 0.333. The first-order valence-electron chi connectivity index (χ1n) is 10.3. The Morgan fingerprint density at radius 3 is 2.57 bits per heavy atom. The summed E-state index contributed by atoms with van der Waals surface area (Å²) < 4.78 is 28.1. The van der Waals surface area contributed by atoms with E-state index in [4.69, 9.17) is 23.2 Å². The fraction of sp³-hybridized carbons (Fsp3) is 0.650. The molecule has 6 nitrogen and oxygen atoms in total. The number of hydrogen-bond acceptors (Lipinski definition) is 5. The van der Waals surface area contributed by atoms with Crippen molar-refractivity contribution in [3.8, 4) is 0 Å². The van der Waals surface area contributed by atoms with Crippen molar-refractivity contribution in [3.63, 3.8) is 0 Å². The van der Waals surface area contributed by atoms with Gasteiger partial charge in [0.15, 0.2) is 0 Å². The van der Waals surface area contributed by atoms with E-state index >= 15 is 0 Å². The number of amides is 1. The number of carbonyl (C=O) groups is 1. The number of nitrogens with zero attached hydrogens (tertiary/aromatic N) is 1. The molecule has 1 aromatic carbocycles. The molecule has 0 aromatic heterocycles. The van der Waals surface area contributed by atoms with Crippen molar-refractivity contribution < 1.29 is 13.2 Å². The van der Waals surface area contributed by atoms with Crippen LogP contribution in [0, 0.1) is 0 Å². The summed E-state index contributed by atoms with van der Waals surface area (Å²) in [7, 11) is -3.98. The molecule has 1 aliphatic rings. The minimum absolute atomic E-state index is 0.0633. The second-order valence-corrected chi connectivity index (χ2v) is 10.9. The van der Waals surface area contributed by atoms with Crippen LogP contribution in [0.4, 0.5) is 0 Å². The third-order valence-corrected chi connectivity index (χ3v) is 7.89. The van der Waals surface area contributed by atoms with E-state index in [1.165, 1.54) is 43.9 Å². The lowest BCUT2D eigenvalue weighted by Gasteiger charge is -2.21. The Morgan fingerprint density at radius 1 is 1.20 bits per heavy atom. The van der Waals surface area contributed by atoms with E-state index in [0.29, 0.717) is 18.7 Å². The highest BCUT2D eigenvalue weighted by atomic mass is 35.5. The minimum atomic E-state index is -3.98. The number of hydrogen-bond donors (Lipinski definition) is 2. The first-order valence-corrected chi connectivity index (χ1v) is 13.9. The molecule has 1 atom stereocenters. The Morgan fingerprint density at radius 2 is 1.90 bits per heavy atom. The van der Waals surface area contributed by atoms with Gasteiger partial charge < -0.3 is 10.2 Å². The van der Waals surface area contributed by atoms with Crippen LogP contribution in [-0.2, 0) is 14.8 Å². The zero-order chi connectivity index (χ0) is 22.0. The minimum Gasteiger partial charge on any atom is -0.355 e. The summed E-state index contributed by atoms with van der Waals surface area (Å²) in [5, 5.41) is 3.21. The van der Waals surface area contributed by atoms with E-state index in [0.717, 1.165) is 26.1 Å². The average molecular weight is 497 g/mol. The van der Waals surface area contributed by atoms with Crippen molar-refractivity contribution in [1.29, 1.82) is 0 Å². The van der Waals surface area contributed by atoms with Crippen molar-refractivity contribution in [3.05, 3.63) is 28.2 Å². The average Bonchev–Trinajstić information content (AvgIpc) is 2.98. The molecule has 1 saturated heterocycles. The molecule has 1 fully saturated rings. The van der Waals surface area contributed by atoms with Crippen molar-refractivity contribution in [2.24, 2.45) is 0 Å². The summed E-state index contributed by atoms with van der Waals surface area (Å²) in [6.07, 6.45) is 8.19. The smallest absolute Gasteiger partial charge is 0.242 e. The van der Waals surface area contributed by atoms with E-state index < -0.39 is 16.1 Å². The van der Waals surface area contributed by atoms with Gasteiger partial charge in [-0.3, -0.25) is 4.79 Å². The van der Waals surface area contributed by atoms with E-state index in [9.17, 15) is 13.2 Å². The number of thioether (sulfide) groups is 1. The molecule has 0 bridgehead atoms. The lowest BCUT2D eigenvalue weighted by atomic mass is 10.2. The van der Waals surface area contributed by atoms with Gasteiger partial charge in [-0.25, -0.2) is 8.42 Å². The molecule has 1 aliphatic heterocycles. The van der Waals surface area contributed by atoms with Crippen LogP contribution in [0.3, 0.4) is 0 Å². The predicted molar refractivity (Wildman–Crippen MR) is 126 cm³/mol. The summed E-state index contributed by atoms with van der Waals surface area (Å²) >= 11 is 13.5. The van der Waals surface area contributed by atoms with Gasteiger partial charge in [0, 0.05) is 11.6 Å². The fourth-order valence-corrected chi connectivity index (χ4v) is 5.87. The highest BCUT2D eigenvalue weighted by Gasteiger charge is 2.27. The summed E-state index contributed by atoms with van der Waals surface area (Å²) in [6, 6.07) is 3.37. The maximum absolute atomic E-state index is 12.8. The van der Waals surface area contributed by atoms with Gasteiger partial charge in [0.05, 0.1) is 5.02 Å². The topological polar surface area (TPSA) is 78.5 Å². The number of likely N-dealkylation sites (tertiary alicyclic amines) is 1. The number of rotatable bonds is 11. The largest absolute Gasteiger partial charge is 0.355 e. The third kappa shape index (κ3) is 8.55. The van der Waals surface area contributed by atoms with Crippen LogP contribution in [0.5, 0.6) is 0 Å². The van der Waals surface area contributed by atoms with Gasteiger partial charge in [0.2, 0.25) is 15.9 Å². The van der Waals surface area contributed by atoms with Crippen LogP contribution >= 0.6 is 35.0 Å². The van der Waals surface area contributed by atoms with Crippen LogP contribution < -0.4 is 10.0 Å². The molecular formula is C20H31Cl2N3O3S2. The van der Waals surface area contributed by atoms with Gasteiger partial charge in [0.1, 0.15) is 10.9 Å². The molecule has 1 heterocycles. The standard InChI is InChI=1S/C20H31Cl2N3O3S2/c1-29-14-9-18(24-30(27,28)19-15-16(21)7-8-17(19)22)20(26)23-10-6-13-25-11-4-2-3-5-12-25/h7-8,15,18,24H,2-6,9-14H2,1H3,(H,23,26). The van der Waals surface area contributed by atoms with Gasteiger partial charge in [-0.1, -0.05) is 36.0 Å². The van der Waals surface area contributed by atoms with Gasteiger partial charge >= 0.3 is 0 Å². The summed E-state index contributed by atoms with van der Waals surface area (Å²) in [4.78, 5) is 15.0. The van der Waals surface area contributed by atoms with E-state index in [2.05, 4.69) is 14.9 Å². The predicted octanol–water partition coefficient (Wildman–Crippen LogP) is 3.78. The van der Waals surface area contributed by atoms with Crippen LogP contribution in [0.1, 0.15) is 38.5 Å². The number of benzene rings is 1. The number of nitrogens with one attached hydrogen (secondary N) is 2. The fourth-order valence-electron chi connectivity index (χ4n) is 3.41. The van der Waals surface area contributed by atoms with Gasteiger partial charge in [-0.15, -0.1) is 0 Å². The zero-order valence-electron chi connectivity index (χ0n) is 17.3. The second kappa shape index (κ2) is 13.1. The molecule has 1 amide bonds. The Hall–Kier alpha value is -0.510. The molecule has 1 unspecified atom stereocenters. The quantitative estimate of drug-likeness (QED) is 0.456. The van der Waals surface area contributed by atoms with Crippen LogP contribution in [0.2, 0.25) is 10.0 Å². The van der Waals surface area contributed by atoms with Gasteiger partial charge in [0.25, 0.3) is 0 Å². The maximum Gasteiger partial charge on any atom is 0.242 e. The molecule has 0 saturated carbocycles. The van der Waals surface area contributed by atoms with Gasteiger partial charge in [-0.05, 0) is 75.5 Å². The highest BCUT2D eigenvalue weighted by molar-refractivity contribution is 7.98. The molecule has 30 heavy (non-hydrogen) atoms. The first-order chi connectivity index (χ1) is 14.3. The molecule has 10 heteroatoms. The van der Waals surface area contributed by atoms with E-state index in [1.807, 2.05) is 6.26 Å². The summed E-state index contributed by atoms with van der Waals surface area (Å²) in [5.41, 5.74) is 0. The number of sulfonamides is 1. The van der Waals surface area contributed by atoms with Gasteiger partial charge in [-0.2, -0.15) is 16.5 Å². The molecule has 1 aromatic rings. The Bertz CT molecular complexity index is 786. The van der Waals surface area contributed by atoms with E-state index in [-0.39, 0.29) is 20.8 Å². The molecule has 0 aliphatic carbocycles. The molecule has 0 radical (unpaired) electrons. The molecule has 170 valence electrons. The Kier molecular flexibility index (Phi) is 11.3. The van der Waals surface area contributed by atoms with Crippen molar-refractivity contribution >= 4 is 50.9 Å². The Balaban J connectivity index is 1.93. The monoisotopic (exact) mass is 495 g/mol. The lowest BCUT2D eigenvalue weighted by molar-refractivity contribution is -0.122. The molecular weight excluding hydrogens is 465 g/mol. The lowest BCUT2D eigenvalue weighted by Crippen LogP contribution is -2.47. The molecule has 2 N–H and O–H groups in total. The number of halogens is 2. The van der Waals surface area contributed by atoms with Crippen LogP contribution in [-0.4, -0.2) is 63.5 Å². The summed E-state index contributed by atoms with van der Waals surface area (Å²) in [6.45, 7) is 3.69. The van der Waals surface area contributed by atoms with E-state index in [1.54, 1.807) is 11.8 Å². The maximum atomic E-state index is 12.8. The van der Waals surface area contributed by atoms with Crippen molar-refractivity contribution in [2.75, 3.05) is 38.2 Å². The molecule has 2 rings (SSSR count). The SMILES string of the molecule is CSCCC(NS(=O)(=O)c1cc(Cl)ccc1Cl)C(=O)NCCCN1CCCCCC1. The molecule has 0 spiro atoms. The third-order valence-electron chi connectivity index (χ3n) is 5.06. The van der Waals surface area contributed by atoms with Crippen LogP contribution in [0.25, 0.3) is 0 Å². The van der Waals surface area contributed by atoms with Crippen LogP contribution in [0.15, 0.2) is 23.1 Å². The number of carbonyl (C=O) groups excluding carboxylic acids is 1. The normalized spacial score (nSPS) is 16.8. The van der Waals surface area contributed by atoms with Crippen molar-refractivity contribution in [2.45, 2.75) is 49.5 Å². The highest BCUT2D eigenvalue weighted by Crippen LogP contribution is 2.25.